The minimum atomic E-state index is -0.571. The van der Waals surface area contributed by atoms with E-state index < -0.39 is 5.25 Å². The van der Waals surface area contributed by atoms with Crippen LogP contribution in [-0.2, 0) is 9.53 Å². The Morgan fingerprint density at radius 3 is 2.73 bits per heavy atom. The molecule has 1 atom stereocenters. The molecule has 0 saturated heterocycles. The molecule has 5 nitrogen and oxygen atoms in total. The number of nitrogens with zero attached hydrogens (tertiary/aromatic N) is 2. The number of carbonyl (C=O) groups is 1. The van der Waals surface area contributed by atoms with Crippen molar-refractivity contribution in [3.05, 3.63) is 34.9 Å². The van der Waals surface area contributed by atoms with Gasteiger partial charge < -0.3 is 10.1 Å². The number of carbonyl (C=O) groups excluding carboxylic acids is 1. The molecule has 1 heterocycles. The van der Waals surface area contributed by atoms with Crippen LogP contribution < -0.4 is 5.32 Å². The molecule has 1 N–H and O–H groups in total. The van der Waals surface area contributed by atoms with Gasteiger partial charge in [-0.05, 0) is 25.5 Å². The molecular weight excluding hydrogens is 342 g/mol. The highest BCUT2D eigenvalue weighted by Crippen LogP contribution is 2.40. The molecule has 2 rings (SSSR count). The van der Waals surface area contributed by atoms with Crippen molar-refractivity contribution in [1.82, 2.24) is 10.2 Å². The monoisotopic (exact) mass is 357 g/mol. The van der Waals surface area contributed by atoms with Crippen molar-refractivity contribution in [2.75, 3.05) is 12.4 Å². The molecule has 0 amide bonds. The van der Waals surface area contributed by atoms with Crippen LogP contribution >= 0.6 is 34.7 Å². The number of benzene rings is 1. The van der Waals surface area contributed by atoms with Crippen molar-refractivity contribution in [3.63, 3.8) is 0 Å². The van der Waals surface area contributed by atoms with Crippen LogP contribution in [0, 0.1) is 0 Å². The molecule has 0 aliphatic carbocycles. The summed E-state index contributed by atoms with van der Waals surface area (Å²) in [5.74, 6) is -0.369. The van der Waals surface area contributed by atoms with Gasteiger partial charge in [0.05, 0.1) is 7.11 Å². The molecular formula is C14H16ClN3O2S2. The predicted molar refractivity (Wildman–Crippen MR) is 90.7 cm³/mol. The van der Waals surface area contributed by atoms with E-state index in [0.29, 0.717) is 14.9 Å². The number of aromatic nitrogens is 2. The van der Waals surface area contributed by atoms with E-state index >= 15 is 0 Å². The fourth-order valence-corrected chi connectivity index (χ4v) is 4.16. The van der Waals surface area contributed by atoms with Gasteiger partial charge in [0, 0.05) is 11.1 Å². The lowest BCUT2D eigenvalue weighted by atomic mass is 10.1. The number of anilines is 1. The summed E-state index contributed by atoms with van der Waals surface area (Å²) in [6, 6.07) is 7.49. The van der Waals surface area contributed by atoms with E-state index in [1.807, 2.05) is 32.0 Å². The van der Waals surface area contributed by atoms with Gasteiger partial charge in [-0.15, -0.1) is 10.2 Å². The third kappa shape index (κ3) is 4.34. The average Bonchev–Trinajstić information content (AvgIpc) is 2.91. The minimum Gasteiger partial charge on any atom is -0.468 e. The van der Waals surface area contributed by atoms with E-state index in [2.05, 4.69) is 15.5 Å². The van der Waals surface area contributed by atoms with Gasteiger partial charge in [0.2, 0.25) is 5.13 Å². The maximum atomic E-state index is 12.1. The summed E-state index contributed by atoms with van der Waals surface area (Å²) < 4.78 is 5.57. The smallest absolute Gasteiger partial charge is 0.323 e. The molecule has 2 aromatic rings. The van der Waals surface area contributed by atoms with E-state index in [1.165, 1.54) is 30.2 Å². The number of esters is 1. The van der Waals surface area contributed by atoms with Gasteiger partial charge in [-0.25, -0.2) is 0 Å². The Bertz CT molecular complexity index is 649. The quantitative estimate of drug-likeness (QED) is 0.622. The first-order valence-electron chi connectivity index (χ1n) is 6.60. The maximum Gasteiger partial charge on any atom is 0.323 e. The number of hydrogen-bond acceptors (Lipinski definition) is 7. The standard InChI is InChI=1S/C14H16ClN3O2S2/c1-8(2)16-13-17-18-14(22-13)21-11(12(19)20-3)9-6-4-5-7-10(9)15/h4-8,11H,1-3H3,(H,16,17)/t11-/m0/s1. The summed E-state index contributed by atoms with van der Waals surface area (Å²) >= 11 is 8.87. The summed E-state index contributed by atoms with van der Waals surface area (Å²) in [5, 5.41) is 12.0. The Kier molecular flexibility index (Phi) is 6.05. The van der Waals surface area contributed by atoms with Crippen LogP contribution in [-0.4, -0.2) is 29.3 Å². The van der Waals surface area contributed by atoms with Gasteiger partial charge in [0.25, 0.3) is 0 Å². The largest absolute Gasteiger partial charge is 0.468 e. The molecule has 0 radical (unpaired) electrons. The van der Waals surface area contributed by atoms with Gasteiger partial charge >= 0.3 is 5.97 Å². The molecule has 8 heteroatoms. The van der Waals surface area contributed by atoms with Gasteiger partial charge in [-0.3, -0.25) is 4.79 Å². The lowest BCUT2D eigenvalue weighted by molar-refractivity contribution is -0.140. The van der Waals surface area contributed by atoms with Crippen LogP contribution in [0.25, 0.3) is 0 Å². The van der Waals surface area contributed by atoms with E-state index in [-0.39, 0.29) is 12.0 Å². The van der Waals surface area contributed by atoms with Gasteiger partial charge in [-0.2, -0.15) is 0 Å². The molecule has 0 aliphatic heterocycles. The fourth-order valence-electron chi connectivity index (χ4n) is 1.70. The number of thioether (sulfide) groups is 1. The first-order valence-corrected chi connectivity index (χ1v) is 8.67. The zero-order valence-electron chi connectivity index (χ0n) is 12.4. The highest BCUT2D eigenvalue weighted by Gasteiger charge is 2.26. The number of halogens is 1. The molecule has 1 aromatic heterocycles. The Morgan fingerprint density at radius 2 is 2.09 bits per heavy atom. The van der Waals surface area contributed by atoms with Crippen LogP contribution in [0.5, 0.6) is 0 Å². The van der Waals surface area contributed by atoms with Crippen LogP contribution in [0.15, 0.2) is 28.6 Å². The summed E-state index contributed by atoms with van der Waals surface area (Å²) in [5.41, 5.74) is 0.703. The third-order valence-electron chi connectivity index (χ3n) is 2.64. The van der Waals surface area contributed by atoms with Gasteiger partial charge in [-0.1, -0.05) is 52.9 Å². The Labute approximate surface area is 142 Å². The minimum absolute atomic E-state index is 0.269. The first kappa shape index (κ1) is 17.1. The fraction of sp³-hybridized carbons (Fsp3) is 0.357. The third-order valence-corrected chi connectivity index (χ3v) is 5.14. The number of nitrogens with one attached hydrogen (secondary N) is 1. The van der Waals surface area contributed by atoms with Crippen molar-refractivity contribution in [1.29, 1.82) is 0 Å². The lowest BCUT2D eigenvalue weighted by Gasteiger charge is -2.14. The van der Waals surface area contributed by atoms with Gasteiger partial charge in [0.1, 0.15) is 5.25 Å². The first-order chi connectivity index (χ1) is 10.5. The van der Waals surface area contributed by atoms with Crippen molar-refractivity contribution < 1.29 is 9.53 Å². The molecule has 22 heavy (non-hydrogen) atoms. The Hall–Kier alpha value is -1.31. The summed E-state index contributed by atoms with van der Waals surface area (Å²) in [6.45, 7) is 4.05. The number of rotatable bonds is 6. The molecule has 0 spiro atoms. The topological polar surface area (TPSA) is 64.1 Å². The van der Waals surface area contributed by atoms with E-state index in [1.54, 1.807) is 6.07 Å². The molecule has 0 bridgehead atoms. The second-order valence-electron chi connectivity index (χ2n) is 4.71. The summed E-state index contributed by atoms with van der Waals surface area (Å²) in [6.07, 6.45) is 0. The van der Waals surface area contributed by atoms with Crippen LogP contribution in [0.2, 0.25) is 5.02 Å². The summed E-state index contributed by atoms with van der Waals surface area (Å²) in [7, 11) is 1.36. The number of hydrogen-bond donors (Lipinski definition) is 1. The molecule has 0 unspecified atom stereocenters. The maximum absolute atomic E-state index is 12.1. The van der Waals surface area contributed by atoms with Crippen molar-refractivity contribution in [3.8, 4) is 0 Å². The van der Waals surface area contributed by atoms with Crippen LogP contribution in [0.3, 0.4) is 0 Å². The molecule has 0 saturated carbocycles. The molecule has 0 aliphatic rings. The highest BCUT2D eigenvalue weighted by molar-refractivity contribution is 8.01. The van der Waals surface area contributed by atoms with Crippen LogP contribution in [0.4, 0.5) is 5.13 Å². The molecule has 118 valence electrons. The Balaban J connectivity index is 2.22. The normalized spacial score (nSPS) is 12.2. The zero-order chi connectivity index (χ0) is 16.1. The Morgan fingerprint density at radius 1 is 1.36 bits per heavy atom. The van der Waals surface area contributed by atoms with E-state index in [0.717, 1.165) is 5.13 Å². The summed E-state index contributed by atoms with van der Waals surface area (Å²) in [4.78, 5) is 12.1. The van der Waals surface area contributed by atoms with Crippen molar-refractivity contribution >= 4 is 45.8 Å². The van der Waals surface area contributed by atoms with E-state index in [4.69, 9.17) is 16.3 Å². The highest BCUT2D eigenvalue weighted by atomic mass is 35.5. The zero-order valence-corrected chi connectivity index (χ0v) is 14.8. The second kappa shape index (κ2) is 7.80. The number of ether oxygens (including phenoxy) is 1. The predicted octanol–water partition coefficient (Wildman–Crippen LogP) is 4.02. The molecule has 0 fully saturated rings. The molecule has 1 aromatic carbocycles. The SMILES string of the molecule is COC(=O)[C@@H](Sc1nnc(NC(C)C)s1)c1ccccc1Cl. The van der Waals surface area contributed by atoms with E-state index in [9.17, 15) is 4.79 Å². The van der Waals surface area contributed by atoms with Crippen molar-refractivity contribution in [2.24, 2.45) is 0 Å². The lowest BCUT2D eigenvalue weighted by Crippen LogP contribution is -2.11. The van der Waals surface area contributed by atoms with Crippen molar-refractivity contribution in [2.45, 2.75) is 29.5 Å². The second-order valence-corrected chi connectivity index (χ2v) is 7.45. The average molecular weight is 358 g/mol. The van der Waals surface area contributed by atoms with Crippen LogP contribution in [0.1, 0.15) is 24.7 Å². The van der Waals surface area contributed by atoms with Gasteiger partial charge in [0.15, 0.2) is 4.34 Å². The number of methoxy groups -OCH3 is 1.